The maximum absolute atomic E-state index is 12.1. The molecule has 0 unspecified atom stereocenters. The molecule has 0 radical (unpaired) electrons. The summed E-state index contributed by atoms with van der Waals surface area (Å²) in [6.07, 6.45) is 0. The molecule has 2 aromatic carbocycles. The molecule has 3 rings (SSSR count). The van der Waals surface area contributed by atoms with E-state index in [0.29, 0.717) is 12.3 Å². The molecule has 6 nitrogen and oxygen atoms in total. The molecule has 146 valence electrons. The summed E-state index contributed by atoms with van der Waals surface area (Å²) < 4.78 is 5.88. The van der Waals surface area contributed by atoms with Gasteiger partial charge in [0.25, 0.3) is 0 Å². The molecule has 1 amide bonds. The van der Waals surface area contributed by atoms with Crippen LogP contribution < -0.4 is 15.4 Å². The van der Waals surface area contributed by atoms with E-state index < -0.39 is 0 Å². The second-order valence-corrected chi connectivity index (χ2v) is 8.36. The molecule has 1 aromatic heterocycles. The summed E-state index contributed by atoms with van der Waals surface area (Å²) in [5.74, 6) is 1.06. The molecular weight excluding hydrogens is 392 g/mol. The molecule has 2 N–H and O–H groups in total. The van der Waals surface area contributed by atoms with Gasteiger partial charge in [0.2, 0.25) is 11.0 Å². The maximum atomic E-state index is 12.1. The number of rotatable bonds is 8. The second-order valence-electron chi connectivity index (χ2n) is 6.16. The van der Waals surface area contributed by atoms with Crippen molar-refractivity contribution in [3.63, 3.8) is 0 Å². The number of carbonyl (C=O) groups excluding carboxylic acids is 1. The number of hydrogen-bond acceptors (Lipinski definition) is 7. The predicted octanol–water partition coefficient (Wildman–Crippen LogP) is 4.32. The Bertz CT molecular complexity index is 942. The van der Waals surface area contributed by atoms with E-state index in [2.05, 4.69) is 40.7 Å². The Labute approximate surface area is 172 Å². The highest BCUT2D eigenvalue weighted by atomic mass is 32.2. The molecule has 8 heteroatoms. The zero-order chi connectivity index (χ0) is 19.9. The van der Waals surface area contributed by atoms with Gasteiger partial charge in [0.15, 0.2) is 4.34 Å². The van der Waals surface area contributed by atoms with Gasteiger partial charge < -0.3 is 15.4 Å². The largest absolute Gasteiger partial charge is 0.497 e. The molecule has 0 spiro atoms. The summed E-state index contributed by atoms with van der Waals surface area (Å²) in [7, 11) is 1.63. The number of nitrogens with zero attached hydrogens (tertiary/aromatic N) is 2. The third-order valence-electron chi connectivity index (χ3n) is 4.23. The van der Waals surface area contributed by atoms with E-state index in [4.69, 9.17) is 4.74 Å². The summed E-state index contributed by atoms with van der Waals surface area (Å²) in [5, 5.41) is 15.2. The number of thioether (sulfide) groups is 1. The minimum absolute atomic E-state index is 0.0416. The fraction of sp³-hybridized carbons (Fsp3) is 0.250. The lowest BCUT2D eigenvalue weighted by molar-refractivity contribution is -0.118. The molecule has 0 bridgehead atoms. The van der Waals surface area contributed by atoms with E-state index in [1.165, 1.54) is 34.2 Å². The van der Waals surface area contributed by atoms with Gasteiger partial charge in [-0.05, 0) is 48.7 Å². The summed E-state index contributed by atoms with van der Waals surface area (Å²) >= 11 is 2.82. The van der Waals surface area contributed by atoms with Gasteiger partial charge >= 0.3 is 0 Å². The van der Waals surface area contributed by atoms with Gasteiger partial charge in [-0.1, -0.05) is 47.4 Å². The number of aryl methyl sites for hydroxylation is 1. The lowest BCUT2D eigenvalue weighted by Crippen LogP contribution is -2.24. The molecule has 3 aromatic rings. The van der Waals surface area contributed by atoms with Gasteiger partial charge in [0.05, 0.1) is 12.9 Å². The highest BCUT2D eigenvalue weighted by Gasteiger charge is 2.10. The highest BCUT2D eigenvalue weighted by molar-refractivity contribution is 8.01. The average molecular weight is 415 g/mol. The van der Waals surface area contributed by atoms with Crippen molar-refractivity contribution in [1.82, 2.24) is 15.5 Å². The quantitative estimate of drug-likeness (QED) is 0.535. The van der Waals surface area contributed by atoms with Crippen LogP contribution in [0.25, 0.3) is 0 Å². The van der Waals surface area contributed by atoms with Crippen LogP contribution in [0.15, 0.2) is 46.8 Å². The monoisotopic (exact) mass is 414 g/mol. The number of amides is 1. The first-order valence-corrected chi connectivity index (χ1v) is 10.5. The van der Waals surface area contributed by atoms with Crippen LogP contribution in [0.2, 0.25) is 0 Å². The first-order valence-electron chi connectivity index (χ1n) is 8.74. The first-order chi connectivity index (χ1) is 13.5. The minimum atomic E-state index is -0.0416. The van der Waals surface area contributed by atoms with E-state index in [0.717, 1.165) is 26.5 Å². The predicted molar refractivity (Wildman–Crippen MR) is 115 cm³/mol. The summed E-state index contributed by atoms with van der Waals surface area (Å²) in [6.45, 7) is 4.63. The Morgan fingerprint density at radius 3 is 2.68 bits per heavy atom. The van der Waals surface area contributed by atoms with Crippen molar-refractivity contribution in [2.45, 2.75) is 24.7 Å². The van der Waals surface area contributed by atoms with Crippen LogP contribution in [-0.2, 0) is 11.3 Å². The molecular formula is C20H22N4O2S2. The lowest BCUT2D eigenvalue weighted by atomic mass is 10.1. The SMILES string of the molecule is COc1ccc(CNC(=O)CSc2nnc(Nc3cccc(C)c3C)s2)cc1. The third kappa shape index (κ3) is 5.46. The maximum Gasteiger partial charge on any atom is 0.230 e. The molecule has 0 aliphatic carbocycles. The van der Waals surface area contributed by atoms with E-state index in [1.54, 1.807) is 7.11 Å². The fourth-order valence-corrected chi connectivity index (χ4v) is 4.04. The molecule has 1 heterocycles. The van der Waals surface area contributed by atoms with Gasteiger partial charge in [0, 0.05) is 12.2 Å². The van der Waals surface area contributed by atoms with Gasteiger partial charge in [-0.3, -0.25) is 4.79 Å². The van der Waals surface area contributed by atoms with Crippen LogP contribution in [0.4, 0.5) is 10.8 Å². The van der Waals surface area contributed by atoms with Crippen LogP contribution in [0.1, 0.15) is 16.7 Å². The third-order valence-corrected chi connectivity index (χ3v) is 6.20. The number of anilines is 2. The summed E-state index contributed by atoms with van der Waals surface area (Å²) in [4.78, 5) is 12.1. The number of methoxy groups -OCH3 is 1. The van der Waals surface area contributed by atoms with E-state index in [-0.39, 0.29) is 5.91 Å². The van der Waals surface area contributed by atoms with Gasteiger partial charge in [-0.15, -0.1) is 10.2 Å². The van der Waals surface area contributed by atoms with E-state index >= 15 is 0 Å². The molecule has 0 fully saturated rings. The van der Waals surface area contributed by atoms with Gasteiger partial charge in [0.1, 0.15) is 5.75 Å². The van der Waals surface area contributed by atoms with Crippen molar-refractivity contribution in [2.75, 3.05) is 18.2 Å². The van der Waals surface area contributed by atoms with Crippen LogP contribution in [-0.4, -0.2) is 29.0 Å². The first kappa shape index (κ1) is 20.2. The van der Waals surface area contributed by atoms with Crippen molar-refractivity contribution in [3.05, 3.63) is 59.2 Å². The molecule has 0 aliphatic rings. The molecule has 0 saturated carbocycles. The van der Waals surface area contributed by atoms with Crippen molar-refractivity contribution in [1.29, 1.82) is 0 Å². The van der Waals surface area contributed by atoms with E-state index in [1.807, 2.05) is 36.4 Å². The number of aromatic nitrogens is 2. The normalized spacial score (nSPS) is 10.5. The summed E-state index contributed by atoms with van der Waals surface area (Å²) in [6, 6.07) is 13.7. The minimum Gasteiger partial charge on any atom is -0.497 e. The Morgan fingerprint density at radius 2 is 1.93 bits per heavy atom. The standard InChI is InChI=1S/C20H22N4O2S2/c1-13-5-4-6-17(14(13)2)22-19-23-24-20(28-19)27-12-18(25)21-11-15-7-9-16(26-3)10-8-15/h4-10H,11-12H2,1-3H3,(H,21,25)(H,22,23). The Morgan fingerprint density at radius 1 is 1.14 bits per heavy atom. The Hall–Kier alpha value is -2.58. The number of ether oxygens (including phenoxy) is 1. The van der Waals surface area contributed by atoms with Crippen LogP contribution in [0, 0.1) is 13.8 Å². The topological polar surface area (TPSA) is 76.1 Å². The zero-order valence-corrected chi connectivity index (χ0v) is 17.6. The van der Waals surface area contributed by atoms with Crippen molar-refractivity contribution >= 4 is 39.8 Å². The van der Waals surface area contributed by atoms with Crippen LogP contribution in [0.3, 0.4) is 0 Å². The van der Waals surface area contributed by atoms with E-state index in [9.17, 15) is 4.79 Å². The van der Waals surface area contributed by atoms with Gasteiger partial charge in [-0.2, -0.15) is 0 Å². The number of hydrogen-bond donors (Lipinski definition) is 2. The Kier molecular flexibility index (Phi) is 6.89. The van der Waals surface area contributed by atoms with Crippen molar-refractivity contribution in [2.24, 2.45) is 0 Å². The molecule has 28 heavy (non-hydrogen) atoms. The van der Waals surface area contributed by atoms with Crippen LogP contribution in [0.5, 0.6) is 5.75 Å². The average Bonchev–Trinajstić information content (AvgIpc) is 3.16. The van der Waals surface area contributed by atoms with Crippen LogP contribution >= 0.6 is 23.1 Å². The molecule has 0 aliphatic heterocycles. The second kappa shape index (κ2) is 9.57. The zero-order valence-electron chi connectivity index (χ0n) is 16.0. The number of nitrogens with one attached hydrogen (secondary N) is 2. The smallest absolute Gasteiger partial charge is 0.230 e. The lowest BCUT2D eigenvalue weighted by Gasteiger charge is -2.08. The number of carbonyl (C=O) groups is 1. The van der Waals surface area contributed by atoms with Crippen molar-refractivity contribution < 1.29 is 9.53 Å². The fourth-order valence-electron chi connectivity index (χ4n) is 2.44. The number of benzene rings is 2. The summed E-state index contributed by atoms with van der Waals surface area (Å²) in [5.41, 5.74) is 4.45. The van der Waals surface area contributed by atoms with Crippen molar-refractivity contribution in [3.8, 4) is 5.75 Å². The molecule has 0 saturated heterocycles. The van der Waals surface area contributed by atoms with Gasteiger partial charge in [-0.25, -0.2) is 0 Å². The highest BCUT2D eigenvalue weighted by Crippen LogP contribution is 2.29. The molecule has 0 atom stereocenters. The Balaban J connectivity index is 1.47.